The van der Waals surface area contributed by atoms with Crippen LogP contribution in [0.25, 0.3) is 0 Å². The minimum Gasteiger partial charge on any atom is -0.494 e. The molecule has 0 atom stereocenters. The Bertz CT molecular complexity index is 1080. The molecule has 0 aliphatic carbocycles. The summed E-state index contributed by atoms with van der Waals surface area (Å²) in [5.74, 6) is -1.23. The molecule has 1 amide bonds. The summed E-state index contributed by atoms with van der Waals surface area (Å²) >= 11 is 0. The summed E-state index contributed by atoms with van der Waals surface area (Å²) in [7, 11) is 5.28. The van der Waals surface area contributed by atoms with Crippen LogP contribution in [0.1, 0.15) is 10.4 Å². The van der Waals surface area contributed by atoms with Gasteiger partial charge in [0.15, 0.2) is 0 Å². The molecule has 2 aromatic carbocycles. The van der Waals surface area contributed by atoms with Crippen LogP contribution < -0.4 is 19.7 Å². The van der Waals surface area contributed by atoms with Gasteiger partial charge < -0.3 is 33.9 Å². The van der Waals surface area contributed by atoms with E-state index in [1.807, 2.05) is 6.07 Å². The van der Waals surface area contributed by atoms with E-state index < -0.39 is 11.9 Å². The van der Waals surface area contributed by atoms with Gasteiger partial charge >= 0.3 is 11.9 Å². The molecule has 174 valence electrons. The molecule has 0 aromatic heterocycles. The fraction of sp³-hybridized carbons (Fsp3) is 0.261. The molecule has 0 fully saturated rings. The van der Waals surface area contributed by atoms with Crippen LogP contribution in [0, 0.1) is 0 Å². The number of anilines is 2. The Morgan fingerprint density at radius 1 is 0.909 bits per heavy atom. The number of carbonyl (C=O) groups excluding carboxylic acids is 3. The minimum atomic E-state index is -0.749. The Labute approximate surface area is 190 Å². The van der Waals surface area contributed by atoms with Crippen LogP contribution in [-0.2, 0) is 23.8 Å². The standard InChI is InChI=1S/C23H24N2O8/c1-29-18-11-17(25-13-33-12-15(22(27)31-3)20(25)23(28)32-4)19(30-2)10-16(18)24-21(26)14-8-6-5-7-9-14/h5-11H,12-13H2,1-4H3,(H,24,26). The number of hydrogen-bond acceptors (Lipinski definition) is 9. The Morgan fingerprint density at radius 2 is 1.58 bits per heavy atom. The van der Waals surface area contributed by atoms with E-state index in [9.17, 15) is 14.4 Å². The van der Waals surface area contributed by atoms with Crippen molar-refractivity contribution in [2.45, 2.75) is 0 Å². The second kappa shape index (κ2) is 10.5. The van der Waals surface area contributed by atoms with Crippen molar-refractivity contribution < 1.29 is 38.1 Å². The fourth-order valence-electron chi connectivity index (χ4n) is 3.31. The van der Waals surface area contributed by atoms with Crippen molar-refractivity contribution in [3.8, 4) is 11.5 Å². The van der Waals surface area contributed by atoms with Crippen molar-refractivity contribution in [1.82, 2.24) is 0 Å². The number of nitrogens with one attached hydrogen (secondary N) is 1. The SMILES string of the molecule is COC(=O)C1=C(C(=O)OC)N(c2cc(OC)c(NC(=O)c3ccccc3)cc2OC)COC1. The van der Waals surface area contributed by atoms with Gasteiger partial charge in [-0.05, 0) is 12.1 Å². The third-order valence-electron chi connectivity index (χ3n) is 4.91. The average Bonchev–Trinajstić information content (AvgIpc) is 2.87. The molecule has 2 aromatic rings. The van der Waals surface area contributed by atoms with E-state index >= 15 is 0 Å². The van der Waals surface area contributed by atoms with Crippen LogP contribution in [0.3, 0.4) is 0 Å². The molecule has 3 rings (SSSR count). The first-order valence-corrected chi connectivity index (χ1v) is 9.82. The van der Waals surface area contributed by atoms with E-state index in [0.717, 1.165) is 0 Å². The van der Waals surface area contributed by atoms with Crippen LogP contribution >= 0.6 is 0 Å². The summed E-state index contributed by atoms with van der Waals surface area (Å²) in [5, 5.41) is 2.79. The second-order valence-corrected chi connectivity index (χ2v) is 6.76. The largest absolute Gasteiger partial charge is 0.494 e. The zero-order chi connectivity index (χ0) is 24.0. The quantitative estimate of drug-likeness (QED) is 0.627. The van der Waals surface area contributed by atoms with Crippen LogP contribution in [0.2, 0.25) is 0 Å². The molecular formula is C23H24N2O8. The molecule has 0 saturated heterocycles. The van der Waals surface area contributed by atoms with Gasteiger partial charge in [0.1, 0.15) is 23.9 Å². The summed E-state index contributed by atoms with van der Waals surface area (Å²) in [4.78, 5) is 38.9. The lowest BCUT2D eigenvalue weighted by atomic mass is 10.1. The first-order chi connectivity index (χ1) is 15.9. The number of hydrogen-bond donors (Lipinski definition) is 1. The van der Waals surface area contributed by atoms with Crippen molar-refractivity contribution in [2.24, 2.45) is 0 Å². The van der Waals surface area contributed by atoms with Crippen LogP contribution in [-0.4, -0.2) is 59.6 Å². The van der Waals surface area contributed by atoms with Crippen molar-refractivity contribution in [2.75, 3.05) is 52.0 Å². The third kappa shape index (κ3) is 4.90. The molecule has 0 bridgehead atoms. The van der Waals surface area contributed by atoms with Crippen molar-refractivity contribution >= 4 is 29.2 Å². The molecular weight excluding hydrogens is 432 g/mol. The Hall–Kier alpha value is -4.05. The van der Waals surface area contributed by atoms with Crippen LogP contribution in [0.5, 0.6) is 11.5 Å². The predicted octanol–water partition coefficient (Wildman–Crippen LogP) is 2.35. The zero-order valence-corrected chi connectivity index (χ0v) is 18.7. The minimum absolute atomic E-state index is 0.00178. The molecule has 10 heteroatoms. The van der Waals surface area contributed by atoms with Crippen molar-refractivity contribution in [3.63, 3.8) is 0 Å². The number of carbonyl (C=O) groups is 3. The summed E-state index contributed by atoms with van der Waals surface area (Å²) in [6.07, 6.45) is 0. The highest BCUT2D eigenvalue weighted by Crippen LogP contribution is 2.41. The number of rotatable bonds is 7. The lowest BCUT2D eigenvalue weighted by Crippen LogP contribution is -2.39. The summed E-state index contributed by atoms with van der Waals surface area (Å²) in [5.41, 5.74) is 1.12. The number of amides is 1. The maximum Gasteiger partial charge on any atom is 0.355 e. The summed E-state index contributed by atoms with van der Waals surface area (Å²) in [6, 6.07) is 11.8. The van der Waals surface area contributed by atoms with E-state index in [1.54, 1.807) is 36.4 Å². The number of ether oxygens (including phenoxy) is 5. The van der Waals surface area contributed by atoms with Crippen molar-refractivity contribution in [3.05, 3.63) is 59.3 Å². The lowest BCUT2D eigenvalue weighted by Gasteiger charge is -2.32. The first kappa shape index (κ1) is 23.6. The van der Waals surface area contributed by atoms with Gasteiger partial charge in [-0.3, -0.25) is 4.79 Å². The predicted molar refractivity (Wildman–Crippen MR) is 118 cm³/mol. The monoisotopic (exact) mass is 456 g/mol. The molecule has 0 unspecified atom stereocenters. The number of nitrogens with zero attached hydrogens (tertiary/aromatic N) is 1. The van der Waals surface area contributed by atoms with E-state index in [-0.39, 0.29) is 36.3 Å². The van der Waals surface area contributed by atoms with Crippen molar-refractivity contribution in [1.29, 1.82) is 0 Å². The highest BCUT2D eigenvalue weighted by Gasteiger charge is 2.34. The lowest BCUT2D eigenvalue weighted by molar-refractivity contribution is -0.140. The van der Waals surface area contributed by atoms with Gasteiger partial charge in [-0.2, -0.15) is 0 Å². The maximum absolute atomic E-state index is 12.6. The smallest absolute Gasteiger partial charge is 0.355 e. The van der Waals surface area contributed by atoms with E-state index in [4.69, 9.17) is 23.7 Å². The molecule has 1 N–H and O–H groups in total. The van der Waals surface area contributed by atoms with E-state index in [0.29, 0.717) is 22.7 Å². The Morgan fingerprint density at radius 3 is 2.18 bits per heavy atom. The molecule has 10 nitrogen and oxygen atoms in total. The first-order valence-electron chi connectivity index (χ1n) is 9.82. The normalized spacial score (nSPS) is 13.3. The van der Waals surface area contributed by atoms with Gasteiger partial charge in [0.25, 0.3) is 5.91 Å². The van der Waals surface area contributed by atoms with Gasteiger partial charge in [0, 0.05) is 17.7 Å². The van der Waals surface area contributed by atoms with Gasteiger partial charge in [-0.15, -0.1) is 0 Å². The van der Waals surface area contributed by atoms with Gasteiger partial charge in [0.2, 0.25) is 0 Å². The molecule has 1 aliphatic heterocycles. The molecule has 1 heterocycles. The fourth-order valence-corrected chi connectivity index (χ4v) is 3.31. The molecule has 1 aliphatic rings. The summed E-state index contributed by atoms with van der Waals surface area (Å²) < 4.78 is 26.2. The zero-order valence-electron chi connectivity index (χ0n) is 18.7. The highest BCUT2D eigenvalue weighted by molar-refractivity contribution is 6.06. The highest BCUT2D eigenvalue weighted by atomic mass is 16.5. The molecule has 0 radical (unpaired) electrons. The van der Waals surface area contributed by atoms with Crippen LogP contribution in [0.4, 0.5) is 11.4 Å². The maximum atomic E-state index is 12.6. The second-order valence-electron chi connectivity index (χ2n) is 6.76. The Balaban J connectivity index is 2.08. The number of esters is 2. The van der Waals surface area contributed by atoms with E-state index in [1.165, 1.54) is 33.3 Å². The average molecular weight is 456 g/mol. The third-order valence-corrected chi connectivity index (χ3v) is 4.91. The van der Waals surface area contributed by atoms with E-state index in [2.05, 4.69) is 5.32 Å². The Kier molecular flexibility index (Phi) is 7.52. The molecule has 0 spiro atoms. The van der Waals surface area contributed by atoms with Gasteiger partial charge in [0.05, 0.1) is 52.0 Å². The number of methoxy groups -OCH3 is 4. The molecule has 33 heavy (non-hydrogen) atoms. The molecule has 0 saturated carbocycles. The van der Waals surface area contributed by atoms with Gasteiger partial charge in [-0.25, -0.2) is 9.59 Å². The van der Waals surface area contributed by atoms with Gasteiger partial charge in [-0.1, -0.05) is 18.2 Å². The van der Waals surface area contributed by atoms with Crippen LogP contribution in [0.15, 0.2) is 53.7 Å². The summed E-state index contributed by atoms with van der Waals surface area (Å²) in [6.45, 7) is -0.196. The number of benzene rings is 2. The topological polar surface area (TPSA) is 113 Å².